The van der Waals surface area contributed by atoms with Crippen molar-refractivity contribution in [3.8, 4) is 11.3 Å². The smallest absolute Gasteiger partial charge is 0.274 e. The van der Waals surface area contributed by atoms with E-state index in [-0.39, 0.29) is 6.42 Å². The van der Waals surface area contributed by atoms with Gasteiger partial charge in [-0.1, -0.05) is 30.1 Å². The summed E-state index contributed by atoms with van der Waals surface area (Å²) in [7, 11) is -4.43. The fourth-order valence-electron chi connectivity index (χ4n) is 2.12. The first-order valence-electron chi connectivity index (χ1n) is 7.42. The van der Waals surface area contributed by atoms with Gasteiger partial charge in [-0.2, -0.15) is 0 Å². The van der Waals surface area contributed by atoms with E-state index in [1.807, 2.05) is 0 Å². The molecule has 0 spiro atoms. The van der Waals surface area contributed by atoms with Crippen LogP contribution in [0.25, 0.3) is 11.3 Å². The minimum Gasteiger partial charge on any atom is -0.274 e. The van der Waals surface area contributed by atoms with E-state index in [9.17, 15) is 26.4 Å². The van der Waals surface area contributed by atoms with Gasteiger partial charge in [-0.25, -0.2) is 36.3 Å². The normalized spacial score (nSPS) is 11.7. The number of amides is 1. The van der Waals surface area contributed by atoms with Gasteiger partial charge in [0.05, 0.1) is 15.7 Å². The first-order valence-corrected chi connectivity index (χ1v) is 9.66. The van der Waals surface area contributed by atoms with E-state index in [2.05, 4.69) is 9.97 Å². The van der Waals surface area contributed by atoms with Crippen LogP contribution in [-0.2, 0) is 14.8 Å². The molecule has 2 rings (SSSR count). The molecule has 1 aromatic heterocycles. The summed E-state index contributed by atoms with van der Waals surface area (Å²) in [5.74, 6) is -1.82. The number of sulfonamides is 1. The van der Waals surface area contributed by atoms with Crippen LogP contribution >= 0.6 is 23.2 Å². The lowest BCUT2D eigenvalue weighted by Crippen LogP contribution is -2.30. The van der Waals surface area contributed by atoms with Gasteiger partial charge in [-0.3, -0.25) is 4.79 Å². The summed E-state index contributed by atoms with van der Waals surface area (Å²) in [5, 5.41) is -1.14. The Balaban J connectivity index is 2.61. The average Bonchev–Trinajstić information content (AvgIpc) is 2.54. The minimum atomic E-state index is -4.43. The molecular weight excluding hydrogens is 430 g/mol. The summed E-state index contributed by atoms with van der Waals surface area (Å²) in [5.41, 5.74) is -1.76. The SMILES string of the molecule is CCCC(=O)NS(=O)(=O)c1cc(-c2ncnc(C(F)F)c2Cl)c(F)cc1Cl. The Labute approximate surface area is 162 Å². The average molecular weight is 442 g/mol. The van der Waals surface area contributed by atoms with Crippen molar-refractivity contribution in [1.29, 1.82) is 0 Å². The number of halogens is 5. The molecule has 0 aliphatic rings. The fourth-order valence-corrected chi connectivity index (χ4v) is 3.96. The summed E-state index contributed by atoms with van der Waals surface area (Å²) in [6.45, 7) is 1.67. The van der Waals surface area contributed by atoms with Crippen LogP contribution in [0.2, 0.25) is 10.0 Å². The standard InChI is InChI=1S/C15H12Cl2F3N3O3S/c1-2-3-11(24)23-27(25,26)10-4-7(9(18)5-8(10)16)13-12(17)14(15(19)20)22-6-21-13/h4-6,15H,2-3H2,1H3,(H,23,24). The number of nitrogens with one attached hydrogen (secondary N) is 1. The summed E-state index contributed by atoms with van der Waals surface area (Å²) in [6.07, 6.45) is -1.96. The summed E-state index contributed by atoms with van der Waals surface area (Å²) < 4.78 is 66.7. The van der Waals surface area contributed by atoms with Gasteiger partial charge >= 0.3 is 0 Å². The van der Waals surface area contributed by atoms with Gasteiger partial charge in [0, 0.05) is 12.0 Å². The summed E-state index contributed by atoms with van der Waals surface area (Å²) >= 11 is 11.6. The Morgan fingerprint density at radius 3 is 2.52 bits per heavy atom. The molecule has 27 heavy (non-hydrogen) atoms. The van der Waals surface area contributed by atoms with Crippen molar-refractivity contribution < 1.29 is 26.4 Å². The molecule has 1 aromatic carbocycles. The third kappa shape index (κ3) is 4.69. The van der Waals surface area contributed by atoms with Crippen molar-refractivity contribution in [2.24, 2.45) is 0 Å². The molecule has 1 N–H and O–H groups in total. The van der Waals surface area contributed by atoms with Crippen molar-refractivity contribution >= 4 is 39.1 Å². The predicted molar refractivity (Wildman–Crippen MR) is 92.6 cm³/mol. The molecule has 0 unspecified atom stereocenters. The molecule has 0 saturated heterocycles. The van der Waals surface area contributed by atoms with Gasteiger partial charge < -0.3 is 0 Å². The highest BCUT2D eigenvalue weighted by atomic mass is 35.5. The van der Waals surface area contributed by atoms with Crippen LogP contribution < -0.4 is 4.72 Å². The van der Waals surface area contributed by atoms with Crippen LogP contribution in [0, 0.1) is 5.82 Å². The van der Waals surface area contributed by atoms with Crippen LogP contribution in [0.5, 0.6) is 0 Å². The molecule has 0 saturated carbocycles. The highest BCUT2D eigenvalue weighted by molar-refractivity contribution is 7.90. The Hall–Kier alpha value is -1.91. The van der Waals surface area contributed by atoms with Gasteiger partial charge in [0.2, 0.25) is 5.91 Å². The number of aromatic nitrogens is 2. The molecule has 0 aliphatic carbocycles. The molecule has 0 atom stereocenters. The Morgan fingerprint density at radius 1 is 1.26 bits per heavy atom. The monoisotopic (exact) mass is 441 g/mol. The maximum absolute atomic E-state index is 14.3. The van der Waals surface area contributed by atoms with Gasteiger partial charge in [-0.05, 0) is 18.6 Å². The number of nitrogens with zero attached hydrogens (tertiary/aromatic N) is 2. The zero-order valence-corrected chi connectivity index (χ0v) is 16.0. The lowest BCUT2D eigenvalue weighted by molar-refractivity contribution is -0.119. The fraction of sp³-hybridized carbons (Fsp3) is 0.267. The van der Waals surface area contributed by atoms with Crippen LogP contribution in [0.15, 0.2) is 23.4 Å². The molecule has 6 nitrogen and oxygen atoms in total. The molecular formula is C15H12Cl2F3N3O3S. The summed E-state index contributed by atoms with van der Waals surface area (Å²) in [6, 6.07) is 1.43. The van der Waals surface area contributed by atoms with E-state index in [0.717, 1.165) is 12.4 Å². The van der Waals surface area contributed by atoms with E-state index in [1.165, 1.54) is 0 Å². The van der Waals surface area contributed by atoms with Crippen molar-refractivity contribution in [3.63, 3.8) is 0 Å². The van der Waals surface area contributed by atoms with E-state index in [0.29, 0.717) is 12.5 Å². The lowest BCUT2D eigenvalue weighted by Gasteiger charge is -2.12. The minimum absolute atomic E-state index is 0.0552. The van der Waals surface area contributed by atoms with Crippen LogP contribution in [0.3, 0.4) is 0 Å². The van der Waals surface area contributed by atoms with Crippen molar-refractivity contribution in [2.45, 2.75) is 31.1 Å². The second kappa shape index (κ2) is 8.41. The zero-order valence-electron chi connectivity index (χ0n) is 13.6. The Kier molecular flexibility index (Phi) is 6.66. The van der Waals surface area contributed by atoms with E-state index < -0.39 is 60.1 Å². The second-order valence-electron chi connectivity index (χ2n) is 5.26. The van der Waals surface area contributed by atoms with E-state index in [4.69, 9.17) is 23.2 Å². The van der Waals surface area contributed by atoms with Crippen molar-refractivity contribution in [3.05, 3.63) is 40.0 Å². The molecule has 2 aromatic rings. The molecule has 1 amide bonds. The maximum Gasteiger partial charge on any atom is 0.281 e. The van der Waals surface area contributed by atoms with Crippen molar-refractivity contribution in [1.82, 2.24) is 14.7 Å². The van der Waals surface area contributed by atoms with Gasteiger partial charge in [0.15, 0.2) is 0 Å². The third-order valence-electron chi connectivity index (χ3n) is 3.31. The van der Waals surface area contributed by atoms with E-state index >= 15 is 0 Å². The van der Waals surface area contributed by atoms with E-state index in [1.54, 1.807) is 11.6 Å². The zero-order chi connectivity index (χ0) is 20.4. The quantitative estimate of drug-likeness (QED) is 0.727. The first kappa shape index (κ1) is 21.4. The first-order chi connectivity index (χ1) is 12.6. The number of hydrogen-bond acceptors (Lipinski definition) is 5. The number of carbonyl (C=O) groups is 1. The second-order valence-corrected chi connectivity index (χ2v) is 7.70. The van der Waals surface area contributed by atoms with Gasteiger partial charge in [0.25, 0.3) is 16.4 Å². The maximum atomic E-state index is 14.3. The molecule has 1 heterocycles. The predicted octanol–water partition coefficient (Wildman–Crippen LogP) is 4.13. The highest BCUT2D eigenvalue weighted by Gasteiger charge is 2.26. The lowest BCUT2D eigenvalue weighted by atomic mass is 10.1. The number of alkyl halides is 2. The summed E-state index contributed by atoms with van der Waals surface area (Å²) in [4.78, 5) is 18.0. The van der Waals surface area contributed by atoms with Crippen LogP contribution in [0.1, 0.15) is 31.9 Å². The number of hydrogen-bond donors (Lipinski definition) is 1. The molecule has 0 fully saturated rings. The highest BCUT2D eigenvalue weighted by Crippen LogP contribution is 2.36. The Bertz CT molecular complexity index is 988. The van der Waals surface area contributed by atoms with Gasteiger partial charge in [-0.15, -0.1) is 0 Å². The Morgan fingerprint density at radius 2 is 1.93 bits per heavy atom. The molecule has 0 aliphatic heterocycles. The van der Waals surface area contributed by atoms with Crippen LogP contribution in [0.4, 0.5) is 13.2 Å². The largest absolute Gasteiger partial charge is 0.281 e. The van der Waals surface area contributed by atoms with Crippen LogP contribution in [-0.4, -0.2) is 24.3 Å². The topological polar surface area (TPSA) is 89.0 Å². The van der Waals surface area contributed by atoms with Gasteiger partial charge in [0.1, 0.15) is 22.7 Å². The molecule has 12 heteroatoms. The molecule has 146 valence electrons. The number of carbonyl (C=O) groups excluding carboxylic acids is 1. The van der Waals surface area contributed by atoms with Crippen molar-refractivity contribution in [2.75, 3.05) is 0 Å². The number of benzene rings is 1. The third-order valence-corrected chi connectivity index (χ3v) is 5.53. The number of rotatable bonds is 6. The molecule has 0 bridgehead atoms. The molecule has 0 radical (unpaired) electrons.